The number of nitrogens with two attached hydrogens (primary N) is 1. The molecule has 11 heteroatoms. The molecule has 6 N–H and O–H groups in total. The molecule has 0 fully saturated rings. The number of hydrogen-bond donors (Lipinski definition) is 5. The summed E-state index contributed by atoms with van der Waals surface area (Å²) < 4.78 is 0. The van der Waals surface area contributed by atoms with Gasteiger partial charge in [-0.25, -0.2) is 10.2 Å². The lowest BCUT2D eigenvalue weighted by molar-refractivity contribution is -0.153. The predicted molar refractivity (Wildman–Crippen MR) is 126 cm³/mol. The smallest absolute Gasteiger partial charge is 0.328 e. The third kappa shape index (κ3) is 8.38. The van der Waals surface area contributed by atoms with E-state index >= 15 is 0 Å². The van der Waals surface area contributed by atoms with Crippen molar-refractivity contribution in [2.75, 3.05) is 6.54 Å². The number of ketones is 1. The Balaban J connectivity index is 2.18. The van der Waals surface area contributed by atoms with Crippen LogP contribution in [0.3, 0.4) is 0 Å². The number of guanidine groups is 1. The third-order valence-electron chi connectivity index (χ3n) is 4.68. The Morgan fingerprint density at radius 2 is 1.79 bits per heavy atom. The van der Waals surface area contributed by atoms with Crippen LogP contribution in [0.4, 0.5) is 0 Å². The van der Waals surface area contributed by atoms with Crippen molar-refractivity contribution in [2.45, 2.75) is 31.8 Å². The average Bonchev–Trinajstić information content (AvgIpc) is 2.77. The van der Waals surface area contributed by atoms with Crippen molar-refractivity contribution in [1.29, 1.82) is 5.41 Å². The van der Waals surface area contributed by atoms with Crippen LogP contribution in [0, 0.1) is 5.41 Å². The number of hydrogen-bond acceptors (Lipinski definition) is 5. The summed E-state index contributed by atoms with van der Waals surface area (Å²) in [5, 5.41) is 21.0. The van der Waals surface area contributed by atoms with E-state index in [4.69, 9.17) is 34.3 Å². The van der Waals surface area contributed by atoms with Crippen LogP contribution >= 0.6 is 23.2 Å². The number of nitrogens with one attached hydrogen (secondary N) is 3. The van der Waals surface area contributed by atoms with Gasteiger partial charge in [0.2, 0.25) is 5.91 Å². The first-order valence-electron chi connectivity index (χ1n) is 10.1. The number of carbonyl (C=O) groups excluding carboxylic acids is 2. The molecule has 0 saturated carbocycles. The molecule has 2 aromatic rings. The number of Topliss-reactive ketones (excluding diaryl/α,β-unsaturated/α-hetero) is 1. The van der Waals surface area contributed by atoms with Crippen LogP contribution in [-0.2, 0) is 16.1 Å². The largest absolute Gasteiger partial charge is 0.480 e. The van der Waals surface area contributed by atoms with Crippen molar-refractivity contribution in [3.63, 3.8) is 0 Å². The molecule has 33 heavy (non-hydrogen) atoms. The highest BCUT2D eigenvalue weighted by Crippen LogP contribution is 2.23. The van der Waals surface area contributed by atoms with Gasteiger partial charge in [-0.3, -0.25) is 20.0 Å². The summed E-state index contributed by atoms with van der Waals surface area (Å²) in [7, 11) is 0. The molecule has 0 bridgehead atoms. The lowest BCUT2D eigenvalue weighted by Crippen LogP contribution is -2.53. The van der Waals surface area contributed by atoms with Crippen LogP contribution in [-0.4, -0.2) is 46.3 Å². The summed E-state index contributed by atoms with van der Waals surface area (Å²) in [5.41, 5.74) is 9.12. The highest BCUT2D eigenvalue weighted by molar-refractivity contribution is 6.42. The first-order chi connectivity index (χ1) is 15.7. The van der Waals surface area contributed by atoms with Crippen LogP contribution in [0.5, 0.6) is 0 Å². The van der Waals surface area contributed by atoms with Crippen molar-refractivity contribution in [3.8, 4) is 0 Å². The molecule has 9 nitrogen and oxygen atoms in total. The summed E-state index contributed by atoms with van der Waals surface area (Å²) in [5.74, 6) is -2.68. The van der Waals surface area contributed by atoms with Crippen LogP contribution < -0.4 is 16.5 Å². The number of benzene rings is 2. The molecular formula is C22H25Cl2N5O4. The third-order valence-corrected chi connectivity index (χ3v) is 5.42. The summed E-state index contributed by atoms with van der Waals surface area (Å²) in [6.45, 7) is 0.449. The van der Waals surface area contributed by atoms with Crippen molar-refractivity contribution >= 4 is 46.8 Å². The maximum atomic E-state index is 13.0. The Kier molecular flexibility index (Phi) is 10.1. The molecule has 0 spiro atoms. The Hall–Kier alpha value is -3.14. The highest BCUT2D eigenvalue weighted by atomic mass is 35.5. The van der Waals surface area contributed by atoms with Gasteiger partial charge in [0.25, 0.3) is 0 Å². The van der Waals surface area contributed by atoms with E-state index in [1.54, 1.807) is 0 Å². The van der Waals surface area contributed by atoms with E-state index in [-0.39, 0.29) is 41.1 Å². The summed E-state index contributed by atoms with van der Waals surface area (Å²) in [6, 6.07) is 12.2. The molecule has 0 aliphatic carbocycles. The molecule has 0 saturated heterocycles. The van der Waals surface area contributed by atoms with E-state index in [9.17, 15) is 19.5 Å². The fourth-order valence-electron chi connectivity index (χ4n) is 3.02. The minimum absolute atomic E-state index is 0.0735. The van der Waals surface area contributed by atoms with Crippen LogP contribution in [0.1, 0.15) is 35.2 Å². The standard InChI is InChI=1S/C22H25Cl2N5O4/c23-16-9-8-15(11-17(16)24)19(30)12-20(31)29(28-13-14-5-2-1-3-6-14)18(21(32)33)7-4-10-27-22(25)26/h1-3,5-6,8-9,11,18,28H,4,7,10,12-13H2,(H,32,33)(H4,25,26,27)/t18-/m0/s1. The van der Waals surface area contributed by atoms with Gasteiger partial charge in [-0.1, -0.05) is 53.5 Å². The number of halogens is 2. The van der Waals surface area contributed by atoms with Gasteiger partial charge in [-0.15, -0.1) is 0 Å². The van der Waals surface area contributed by atoms with E-state index in [0.29, 0.717) is 6.42 Å². The van der Waals surface area contributed by atoms with Crippen molar-refractivity contribution in [2.24, 2.45) is 5.73 Å². The number of hydrazine groups is 1. The monoisotopic (exact) mass is 493 g/mol. The molecule has 176 valence electrons. The zero-order valence-electron chi connectivity index (χ0n) is 17.7. The molecule has 1 atom stereocenters. The Morgan fingerprint density at radius 3 is 2.39 bits per heavy atom. The fraction of sp³-hybridized carbons (Fsp3) is 0.273. The lowest BCUT2D eigenvalue weighted by Gasteiger charge is -2.29. The number of nitrogens with zero attached hydrogens (tertiary/aromatic N) is 1. The van der Waals surface area contributed by atoms with Gasteiger partial charge in [0.1, 0.15) is 6.04 Å². The van der Waals surface area contributed by atoms with E-state index in [2.05, 4.69) is 10.7 Å². The first kappa shape index (κ1) is 26.1. The van der Waals surface area contributed by atoms with Gasteiger partial charge in [-0.05, 0) is 36.6 Å². The van der Waals surface area contributed by atoms with Gasteiger partial charge in [0.05, 0.1) is 16.5 Å². The number of rotatable bonds is 12. The summed E-state index contributed by atoms with van der Waals surface area (Å²) in [4.78, 5) is 37.7. The Bertz CT molecular complexity index is 1000. The van der Waals surface area contributed by atoms with Crippen molar-refractivity contribution in [3.05, 3.63) is 69.7 Å². The molecular weight excluding hydrogens is 469 g/mol. The van der Waals surface area contributed by atoms with Crippen molar-refractivity contribution < 1.29 is 19.5 Å². The van der Waals surface area contributed by atoms with Crippen molar-refractivity contribution in [1.82, 2.24) is 15.8 Å². The number of carbonyl (C=O) groups is 3. The van der Waals surface area contributed by atoms with Gasteiger partial charge in [-0.2, -0.15) is 0 Å². The average molecular weight is 494 g/mol. The van der Waals surface area contributed by atoms with Crippen LogP contribution in [0.2, 0.25) is 10.0 Å². The SMILES string of the molecule is N=C(N)NCCC[C@@H](C(=O)O)N(NCc1ccccc1)C(=O)CC(=O)c1ccc(Cl)c(Cl)c1. The minimum atomic E-state index is -1.24. The molecule has 2 rings (SSSR count). The topological polar surface area (TPSA) is 149 Å². The Labute approximate surface area is 201 Å². The molecule has 2 aromatic carbocycles. The van der Waals surface area contributed by atoms with E-state index < -0.39 is 30.1 Å². The molecule has 0 aliphatic heterocycles. The first-order valence-corrected chi connectivity index (χ1v) is 10.8. The highest BCUT2D eigenvalue weighted by Gasteiger charge is 2.30. The number of amides is 1. The minimum Gasteiger partial charge on any atom is -0.480 e. The van der Waals surface area contributed by atoms with E-state index in [1.165, 1.54) is 18.2 Å². The Morgan fingerprint density at radius 1 is 1.09 bits per heavy atom. The van der Waals surface area contributed by atoms with E-state index in [0.717, 1.165) is 10.6 Å². The zero-order chi connectivity index (χ0) is 24.4. The lowest BCUT2D eigenvalue weighted by atomic mass is 10.1. The molecule has 0 heterocycles. The normalized spacial score (nSPS) is 11.5. The summed E-state index contributed by atoms with van der Waals surface area (Å²) >= 11 is 11.8. The van der Waals surface area contributed by atoms with E-state index in [1.807, 2.05) is 30.3 Å². The number of carboxylic acids is 1. The second kappa shape index (κ2) is 12.8. The molecule has 0 aliphatic rings. The second-order valence-corrected chi connectivity index (χ2v) is 7.96. The predicted octanol–water partition coefficient (Wildman–Crippen LogP) is 2.82. The second-order valence-electron chi connectivity index (χ2n) is 7.15. The van der Waals surface area contributed by atoms with Gasteiger partial charge >= 0.3 is 5.97 Å². The summed E-state index contributed by atoms with van der Waals surface area (Å²) in [6.07, 6.45) is -0.159. The molecule has 0 unspecified atom stereocenters. The molecule has 0 radical (unpaired) electrons. The van der Waals surface area contributed by atoms with Crippen LogP contribution in [0.15, 0.2) is 48.5 Å². The van der Waals surface area contributed by atoms with Gasteiger partial charge in [0, 0.05) is 18.7 Å². The number of carboxylic acid groups (broad SMARTS) is 1. The quantitative estimate of drug-likeness (QED) is 0.0761. The molecule has 1 amide bonds. The maximum Gasteiger partial charge on any atom is 0.328 e. The molecule has 0 aromatic heterocycles. The zero-order valence-corrected chi connectivity index (χ0v) is 19.2. The fourth-order valence-corrected chi connectivity index (χ4v) is 3.32. The van der Waals surface area contributed by atoms with Gasteiger partial charge in [0.15, 0.2) is 11.7 Å². The van der Waals surface area contributed by atoms with Crippen LogP contribution in [0.25, 0.3) is 0 Å². The maximum absolute atomic E-state index is 13.0. The van der Waals surface area contributed by atoms with Gasteiger partial charge < -0.3 is 16.2 Å². The number of aliphatic carboxylic acids is 1.